The molecule has 1 aliphatic rings. The van der Waals surface area contributed by atoms with Gasteiger partial charge in [-0.3, -0.25) is 0 Å². The van der Waals surface area contributed by atoms with Crippen molar-refractivity contribution >= 4 is 21.4 Å². The van der Waals surface area contributed by atoms with Gasteiger partial charge in [0, 0.05) is 23.5 Å². The fourth-order valence-corrected chi connectivity index (χ4v) is 4.80. The fraction of sp³-hybridized carbons (Fsp3) is 0.714. The molecule has 0 aromatic carbocycles. The molecule has 20 heavy (non-hydrogen) atoms. The fourth-order valence-electron chi connectivity index (χ4n) is 2.12. The van der Waals surface area contributed by atoms with Crippen LogP contribution < -0.4 is 10.0 Å². The first-order valence-electron chi connectivity index (χ1n) is 7.23. The first-order valence-corrected chi connectivity index (χ1v) is 9.53. The Morgan fingerprint density at radius 2 is 2.00 bits per heavy atom. The molecule has 1 saturated carbocycles. The largest absolute Gasteiger partial charge is 0.314 e. The van der Waals surface area contributed by atoms with Crippen molar-refractivity contribution in [3.63, 3.8) is 0 Å². The van der Waals surface area contributed by atoms with Crippen LogP contribution in [0, 0.1) is 5.92 Å². The molecule has 1 fully saturated rings. The maximum atomic E-state index is 12.3. The van der Waals surface area contributed by atoms with Crippen molar-refractivity contribution in [3.05, 3.63) is 17.0 Å². The summed E-state index contributed by atoms with van der Waals surface area (Å²) in [5.74, 6) is 0.527. The monoisotopic (exact) mass is 316 g/mol. The van der Waals surface area contributed by atoms with Crippen molar-refractivity contribution in [2.24, 2.45) is 5.92 Å². The minimum absolute atomic E-state index is 0.0492. The number of rotatable bonds is 8. The summed E-state index contributed by atoms with van der Waals surface area (Å²) >= 11 is 1.38. The predicted molar refractivity (Wildman–Crippen MR) is 83.7 cm³/mol. The van der Waals surface area contributed by atoms with Gasteiger partial charge in [-0.25, -0.2) is 13.1 Å². The summed E-state index contributed by atoms with van der Waals surface area (Å²) in [5.41, 5.74) is 0. The topological polar surface area (TPSA) is 58.2 Å². The number of hydrogen-bond donors (Lipinski definition) is 2. The van der Waals surface area contributed by atoms with Gasteiger partial charge in [0.25, 0.3) is 0 Å². The molecular formula is C14H24N2O2S2. The highest BCUT2D eigenvalue weighted by atomic mass is 32.2. The SMILES string of the molecule is CC(C)NCCc1ccc(S(=O)(=O)NC(C)C2CC2)s1. The smallest absolute Gasteiger partial charge is 0.250 e. The second kappa shape index (κ2) is 6.56. The summed E-state index contributed by atoms with van der Waals surface area (Å²) in [7, 11) is -3.34. The molecule has 114 valence electrons. The number of hydrogen-bond acceptors (Lipinski definition) is 4. The van der Waals surface area contributed by atoms with Gasteiger partial charge in [0.05, 0.1) is 0 Å². The van der Waals surface area contributed by atoms with Crippen LogP contribution in [0.15, 0.2) is 16.3 Å². The Labute approximate surface area is 126 Å². The van der Waals surface area contributed by atoms with E-state index in [2.05, 4.69) is 23.9 Å². The molecule has 1 heterocycles. The Morgan fingerprint density at radius 3 is 2.60 bits per heavy atom. The quantitative estimate of drug-likeness (QED) is 0.774. The highest BCUT2D eigenvalue weighted by Gasteiger charge is 2.31. The van der Waals surface area contributed by atoms with Gasteiger partial charge in [-0.05, 0) is 44.2 Å². The van der Waals surface area contributed by atoms with Crippen LogP contribution in [0.4, 0.5) is 0 Å². The molecule has 0 saturated heterocycles. The average molecular weight is 316 g/mol. The lowest BCUT2D eigenvalue weighted by Gasteiger charge is -2.11. The van der Waals surface area contributed by atoms with E-state index in [1.807, 2.05) is 13.0 Å². The van der Waals surface area contributed by atoms with Gasteiger partial charge in [-0.15, -0.1) is 11.3 Å². The molecule has 4 nitrogen and oxygen atoms in total. The Bertz CT molecular complexity index is 533. The third-order valence-electron chi connectivity index (χ3n) is 3.50. The van der Waals surface area contributed by atoms with Gasteiger partial charge in [-0.1, -0.05) is 13.8 Å². The average Bonchev–Trinajstić information content (AvgIpc) is 3.08. The third-order valence-corrected chi connectivity index (χ3v) is 6.69. The summed E-state index contributed by atoms with van der Waals surface area (Å²) in [5, 5.41) is 3.34. The van der Waals surface area contributed by atoms with Crippen LogP contribution >= 0.6 is 11.3 Å². The number of sulfonamides is 1. The van der Waals surface area contributed by atoms with Crippen molar-refractivity contribution in [1.82, 2.24) is 10.0 Å². The molecule has 1 aliphatic carbocycles. The third kappa shape index (κ3) is 4.55. The zero-order valence-electron chi connectivity index (χ0n) is 12.3. The lowest BCUT2D eigenvalue weighted by molar-refractivity contribution is 0.539. The van der Waals surface area contributed by atoms with Crippen LogP contribution in [0.25, 0.3) is 0 Å². The lowest BCUT2D eigenvalue weighted by Crippen LogP contribution is -2.33. The zero-order valence-corrected chi connectivity index (χ0v) is 14.0. The van der Waals surface area contributed by atoms with Gasteiger partial charge >= 0.3 is 0 Å². The minimum Gasteiger partial charge on any atom is -0.314 e. The van der Waals surface area contributed by atoms with Gasteiger partial charge in [0.15, 0.2) is 0 Å². The summed E-state index contributed by atoms with van der Waals surface area (Å²) in [6, 6.07) is 4.15. The van der Waals surface area contributed by atoms with Crippen molar-refractivity contribution in [1.29, 1.82) is 0 Å². The van der Waals surface area contributed by atoms with Crippen molar-refractivity contribution < 1.29 is 8.42 Å². The van der Waals surface area contributed by atoms with Crippen LogP contribution in [0.1, 0.15) is 38.5 Å². The van der Waals surface area contributed by atoms with E-state index in [1.165, 1.54) is 11.3 Å². The van der Waals surface area contributed by atoms with Crippen LogP contribution in [-0.2, 0) is 16.4 Å². The number of nitrogens with one attached hydrogen (secondary N) is 2. The second-order valence-electron chi connectivity index (χ2n) is 5.83. The summed E-state index contributed by atoms with van der Waals surface area (Å²) < 4.78 is 27.7. The predicted octanol–water partition coefficient (Wildman–Crippen LogP) is 2.37. The van der Waals surface area contributed by atoms with Crippen LogP contribution in [0.3, 0.4) is 0 Å². The Hall–Kier alpha value is -0.430. The van der Waals surface area contributed by atoms with E-state index >= 15 is 0 Å². The lowest BCUT2D eigenvalue weighted by atomic mass is 10.2. The molecule has 0 aliphatic heterocycles. The maximum absolute atomic E-state index is 12.3. The first kappa shape index (κ1) is 15.9. The molecule has 2 N–H and O–H groups in total. The summed E-state index contributed by atoms with van der Waals surface area (Å²) in [4.78, 5) is 1.11. The Balaban J connectivity index is 1.92. The van der Waals surface area contributed by atoms with E-state index in [4.69, 9.17) is 0 Å². The molecule has 0 amide bonds. The van der Waals surface area contributed by atoms with E-state index in [1.54, 1.807) is 6.07 Å². The molecule has 1 unspecified atom stereocenters. The van der Waals surface area contributed by atoms with E-state index in [0.29, 0.717) is 16.2 Å². The van der Waals surface area contributed by atoms with E-state index < -0.39 is 10.0 Å². The highest BCUT2D eigenvalue weighted by Crippen LogP contribution is 2.33. The second-order valence-corrected chi connectivity index (χ2v) is 8.94. The van der Waals surface area contributed by atoms with Gasteiger partial charge in [-0.2, -0.15) is 0 Å². The molecule has 1 aromatic rings. The zero-order chi connectivity index (χ0) is 14.8. The Kier molecular flexibility index (Phi) is 5.23. The minimum atomic E-state index is -3.34. The highest BCUT2D eigenvalue weighted by molar-refractivity contribution is 7.91. The van der Waals surface area contributed by atoms with Crippen LogP contribution in [0.2, 0.25) is 0 Å². The van der Waals surface area contributed by atoms with Crippen molar-refractivity contribution in [2.45, 2.75) is 56.3 Å². The summed E-state index contributed by atoms with van der Waals surface area (Å²) in [6.45, 7) is 7.04. The van der Waals surface area contributed by atoms with Gasteiger partial charge in [0.2, 0.25) is 10.0 Å². The summed E-state index contributed by atoms with van der Waals surface area (Å²) in [6.07, 6.45) is 3.15. The molecule has 0 radical (unpaired) electrons. The molecular weight excluding hydrogens is 292 g/mol. The van der Waals surface area contributed by atoms with E-state index in [0.717, 1.165) is 30.7 Å². The van der Waals surface area contributed by atoms with E-state index in [-0.39, 0.29) is 6.04 Å². The molecule has 0 bridgehead atoms. The first-order chi connectivity index (χ1) is 9.38. The molecule has 1 aromatic heterocycles. The van der Waals surface area contributed by atoms with Crippen LogP contribution in [-0.4, -0.2) is 27.0 Å². The standard InChI is InChI=1S/C14H24N2O2S2/c1-10(2)15-9-8-13-6-7-14(19-13)20(17,18)16-11(3)12-4-5-12/h6-7,10-12,15-16H,4-5,8-9H2,1-3H3. The molecule has 0 spiro atoms. The molecule has 6 heteroatoms. The molecule has 1 atom stereocenters. The van der Waals surface area contributed by atoms with Gasteiger partial charge < -0.3 is 5.32 Å². The maximum Gasteiger partial charge on any atom is 0.250 e. The van der Waals surface area contributed by atoms with Crippen molar-refractivity contribution in [3.8, 4) is 0 Å². The van der Waals surface area contributed by atoms with Crippen LogP contribution in [0.5, 0.6) is 0 Å². The normalized spacial score (nSPS) is 17.6. The Morgan fingerprint density at radius 1 is 1.30 bits per heavy atom. The van der Waals surface area contributed by atoms with Gasteiger partial charge in [0.1, 0.15) is 4.21 Å². The molecule has 2 rings (SSSR count). The van der Waals surface area contributed by atoms with E-state index in [9.17, 15) is 8.42 Å². The van der Waals surface area contributed by atoms with Crippen molar-refractivity contribution in [2.75, 3.05) is 6.54 Å². The number of thiophene rings is 1.